The van der Waals surface area contributed by atoms with Gasteiger partial charge in [-0.3, -0.25) is 9.48 Å². The van der Waals surface area contributed by atoms with Crippen LogP contribution in [0.3, 0.4) is 0 Å². The van der Waals surface area contributed by atoms with E-state index in [2.05, 4.69) is 10.4 Å². The monoisotopic (exact) mass is 303 g/mol. The van der Waals surface area contributed by atoms with Gasteiger partial charge in [-0.1, -0.05) is 0 Å². The normalized spacial score (nSPS) is 11.9. The van der Waals surface area contributed by atoms with Crippen LogP contribution in [0.1, 0.15) is 34.6 Å². The van der Waals surface area contributed by atoms with Crippen molar-refractivity contribution in [2.75, 3.05) is 14.2 Å². The smallest absolute Gasteiger partial charge is 0.251 e. The molecule has 2 aromatic rings. The number of aryl methyl sites for hydroxylation is 1. The van der Waals surface area contributed by atoms with Crippen molar-refractivity contribution in [1.82, 2.24) is 15.1 Å². The molecule has 118 valence electrons. The van der Waals surface area contributed by atoms with Crippen LogP contribution in [0.4, 0.5) is 0 Å². The molecule has 0 saturated carbocycles. The van der Waals surface area contributed by atoms with Gasteiger partial charge in [0.2, 0.25) is 0 Å². The van der Waals surface area contributed by atoms with Crippen LogP contribution in [0.5, 0.6) is 11.5 Å². The van der Waals surface area contributed by atoms with E-state index in [1.807, 2.05) is 20.9 Å². The zero-order valence-electron chi connectivity index (χ0n) is 13.5. The Hall–Kier alpha value is -2.50. The maximum atomic E-state index is 12.4. The van der Waals surface area contributed by atoms with Gasteiger partial charge in [-0.15, -0.1) is 0 Å². The highest BCUT2D eigenvalue weighted by molar-refractivity contribution is 5.95. The lowest BCUT2D eigenvalue weighted by atomic mass is 10.1. The fourth-order valence-corrected chi connectivity index (χ4v) is 2.28. The minimum atomic E-state index is -0.170. The van der Waals surface area contributed by atoms with E-state index in [0.29, 0.717) is 17.1 Å². The van der Waals surface area contributed by atoms with Gasteiger partial charge >= 0.3 is 0 Å². The summed E-state index contributed by atoms with van der Waals surface area (Å²) in [5.74, 6) is 0.951. The van der Waals surface area contributed by atoms with E-state index in [0.717, 1.165) is 11.3 Å². The molecule has 0 aliphatic rings. The van der Waals surface area contributed by atoms with Gasteiger partial charge in [0.15, 0.2) is 11.5 Å². The van der Waals surface area contributed by atoms with Gasteiger partial charge < -0.3 is 14.8 Å². The number of aromatic nitrogens is 2. The highest BCUT2D eigenvalue weighted by Gasteiger charge is 2.17. The van der Waals surface area contributed by atoms with Gasteiger partial charge in [-0.05, 0) is 32.0 Å². The number of rotatable bonds is 5. The molecule has 1 amide bonds. The molecule has 0 saturated heterocycles. The molecule has 0 unspecified atom stereocenters. The van der Waals surface area contributed by atoms with E-state index >= 15 is 0 Å². The molecule has 0 fully saturated rings. The molecule has 6 nitrogen and oxygen atoms in total. The molecular weight excluding hydrogens is 282 g/mol. The Labute approximate surface area is 130 Å². The highest BCUT2D eigenvalue weighted by atomic mass is 16.5. The molecule has 1 aromatic carbocycles. The van der Waals surface area contributed by atoms with Crippen LogP contribution < -0.4 is 14.8 Å². The molecule has 0 bridgehead atoms. The fourth-order valence-electron chi connectivity index (χ4n) is 2.28. The van der Waals surface area contributed by atoms with Crippen LogP contribution in [-0.4, -0.2) is 29.9 Å². The minimum absolute atomic E-state index is 0.130. The van der Waals surface area contributed by atoms with Gasteiger partial charge in [-0.25, -0.2) is 0 Å². The van der Waals surface area contributed by atoms with Crippen molar-refractivity contribution >= 4 is 5.91 Å². The van der Waals surface area contributed by atoms with Crippen molar-refractivity contribution in [2.45, 2.75) is 19.9 Å². The number of carbonyl (C=O) groups excluding carboxylic acids is 1. The van der Waals surface area contributed by atoms with Crippen LogP contribution >= 0.6 is 0 Å². The Morgan fingerprint density at radius 2 is 1.95 bits per heavy atom. The summed E-state index contributed by atoms with van der Waals surface area (Å²) in [5, 5.41) is 7.16. The molecule has 0 aliphatic carbocycles. The summed E-state index contributed by atoms with van der Waals surface area (Å²) in [7, 11) is 4.98. The van der Waals surface area contributed by atoms with Crippen LogP contribution in [0.15, 0.2) is 24.4 Å². The summed E-state index contributed by atoms with van der Waals surface area (Å²) in [6, 6.07) is 4.96. The third-order valence-electron chi connectivity index (χ3n) is 3.73. The van der Waals surface area contributed by atoms with Crippen LogP contribution in [0.2, 0.25) is 0 Å². The van der Waals surface area contributed by atoms with Crippen LogP contribution in [0.25, 0.3) is 0 Å². The summed E-state index contributed by atoms with van der Waals surface area (Å²) in [5.41, 5.74) is 2.54. The quantitative estimate of drug-likeness (QED) is 0.920. The Morgan fingerprint density at radius 1 is 1.27 bits per heavy atom. The molecule has 1 N–H and O–H groups in total. The van der Waals surface area contributed by atoms with Crippen LogP contribution in [-0.2, 0) is 7.05 Å². The van der Waals surface area contributed by atoms with Crippen molar-refractivity contribution in [2.24, 2.45) is 7.05 Å². The zero-order valence-corrected chi connectivity index (χ0v) is 13.5. The standard InChI is InChI=1S/C16H21N3O3/c1-10(13-9-17-19(3)11(13)2)18-16(20)12-6-7-14(21-4)15(8-12)22-5/h6-10H,1-5H3,(H,18,20)/t10-/m1/s1. The lowest BCUT2D eigenvalue weighted by Gasteiger charge is -2.15. The maximum absolute atomic E-state index is 12.4. The molecule has 1 atom stereocenters. The SMILES string of the molecule is COc1ccc(C(=O)N[C@H](C)c2cnn(C)c2C)cc1OC. The Balaban J connectivity index is 2.17. The van der Waals surface area contributed by atoms with Gasteiger partial charge in [0, 0.05) is 23.9 Å². The van der Waals surface area contributed by atoms with Crippen molar-refractivity contribution < 1.29 is 14.3 Å². The first-order valence-electron chi connectivity index (χ1n) is 6.99. The fraction of sp³-hybridized carbons (Fsp3) is 0.375. The van der Waals surface area contributed by atoms with Crippen LogP contribution in [0, 0.1) is 6.92 Å². The van der Waals surface area contributed by atoms with Gasteiger partial charge in [-0.2, -0.15) is 5.10 Å². The van der Waals surface area contributed by atoms with Gasteiger partial charge in [0.05, 0.1) is 26.5 Å². The molecule has 1 aromatic heterocycles. The number of ether oxygens (including phenoxy) is 2. The Morgan fingerprint density at radius 3 is 2.50 bits per heavy atom. The van der Waals surface area contributed by atoms with E-state index in [1.165, 1.54) is 0 Å². The maximum Gasteiger partial charge on any atom is 0.251 e. The second kappa shape index (κ2) is 6.51. The van der Waals surface area contributed by atoms with E-state index < -0.39 is 0 Å². The zero-order chi connectivity index (χ0) is 16.3. The number of hydrogen-bond acceptors (Lipinski definition) is 4. The summed E-state index contributed by atoms with van der Waals surface area (Å²) in [4.78, 5) is 12.4. The predicted octanol–water partition coefficient (Wildman–Crippen LogP) is 2.24. The van der Waals surface area contributed by atoms with E-state index in [4.69, 9.17) is 9.47 Å². The molecule has 22 heavy (non-hydrogen) atoms. The lowest BCUT2D eigenvalue weighted by Crippen LogP contribution is -2.27. The molecule has 6 heteroatoms. The first kappa shape index (κ1) is 15.9. The number of hydrogen-bond donors (Lipinski definition) is 1. The Kier molecular flexibility index (Phi) is 4.70. The Bertz CT molecular complexity index is 679. The third-order valence-corrected chi connectivity index (χ3v) is 3.73. The molecule has 0 spiro atoms. The average molecular weight is 303 g/mol. The average Bonchev–Trinajstić information content (AvgIpc) is 2.86. The molecule has 0 aliphatic heterocycles. The van der Waals surface area contributed by atoms with E-state index in [9.17, 15) is 4.79 Å². The topological polar surface area (TPSA) is 65.4 Å². The molecule has 2 rings (SSSR count). The van der Waals surface area contributed by atoms with Crippen molar-refractivity contribution in [3.63, 3.8) is 0 Å². The summed E-state index contributed by atoms with van der Waals surface area (Å²) in [6.45, 7) is 3.91. The van der Waals surface area contributed by atoms with E-state index in [-0.39, 0.29) is 11.9 Å². The number of methoxy groups -OCH3 is 2. The predicted molar refractivity (Wildman–Crippen MR) is 83.4 cm³/mol. The summed E-state index contributed by atoms with van der Waals surface area (Å²) >= 11 is 0. The van der Waals surface area contributed by atoms with Crippen molar-refractivity contribution in [3.05, 3.63) is 41.2 Å². The second-order valence-electron chi connectivity index (χ2n) is 5.07. The molecular formula is C16H21N3O3. The summed E-state index contributed by atoms with van der Waals surface area (Å²) < 4.78 is 12.2. The number of carbonyl (C=O) groups is 1. The first-order valence-corrected chi connectivity index (χ1v) is 6.99. The first-order chi connectivity index (χ1) is 10.5. The van der Waals surface area contributed by atoms with Crippen molar-refractivity contribution in [1.29, 1.82) is 0 Å². The van der Waals surface area contributed by atoms with Gasteiger partial charge in [0.1, 0.15) is 0 Å². The number of nitrogens with zero attached hydrogens (tertiary/aromatic N) is 2. The number of amides is 1. The lowest BCUT2D eigenvalue weighted by molar-refractivity contribution is 0.0939. The summed E-state index contributed by atoms with van der Waals surface area (Å²) in [6.07, 6.45) is 1.77. The van der Waals surface area contributed by atoms with Crippen molar-refractivity contribution in [3.8, 4) is 11.5 Å². The largest absolute Gasteiger partial charge is 0.493 e. The van der Waals surface area contributed by atoms with Gasteiger partial charge in [0.25, 0.3) is 5.91 Å². The number of benzene rings is 1. The number of nitrogens with one attached hydrogen (secondary N) is 1. The molecule has 1 heterocycles. The second-order valence-corrected chi connectivity index (χ2v) is 5.07. The molecule has 0 radical (unpaired) electrons. The third kappa shape index (κ3) is 3.05. The minimum Gasteiger partial charge on any atom is -0.493 e. The van der Waals surface area contributed by atoms with E-state index in [1.54, 1.807) is 43.3 Å². The highest BCUT2D eigenvalue weighted by Crippen LogP contribution is 2.27.